The van der Waals surface area contributed by atoms with Gasteiger partial charge in [0.25, 0.3) is 0 Å². The number of carbonyl (C=O) groups excluding carboxylic acids is 1. The van der Waals surface area contributed by atoms with E-state index >= 15 is 0 Å². The number of rotatable bonds is 7. The van der Waals surface area contributed by atoms with Crippen LogP contribution in [0.25, 0.3) is 6.08 Å². The predicted octanol–water partition coefficient (Wildman–Crippen LogP) is 1.69. The number of benzene rings is 1. The molecule has 1 aromatic rings. The van der Waals surface area contributed by atoms with E-state index in [4.69, 9.17) is 5.11 Å². The fourth-order valence-corrected chi connectivity index (χ4v) is 1.83. The molecule has 5 heteroatoms. The molecule has 5 nitrogen and oxygen atoms in total. The highest BCUT2D eigenvalue weighted by atomic mass is 16.4. The van der Waals surface area contributed by atoms with Crippen molar-refractivity contribution in [3.63, 3.8) is 0 Å². The first-order chi connectivity index (χ1) is 9.92. The number of carboxylic acid groups (broad SMARTS) is 1. The molecule has 0 unspecified atom stereocenters. The second-order valence-electron chi connectivity index (χ2n) is 5.01. The monoisotopic (exact) mass is 290 g/mol. The molecule has 1 aromatic carbocycles. The molecule has 0 radical (unpaired) electrons. The number of carbonyl (C=O) groups is 2. The van der Waals surface area contributed by atoms with E-state index in [1.54, 1.807) is 25.1 Å². The van der Waals surface area contributed by atoms with Crippen molar-refractivity contribution >= 4 is 18.0 Å². The topological polar surface area (TPSA) is 60.9 Å². The van der Waals surface area contributed by atoms with Crippen LogP contribution >= 0.6 is 0 Å². The number of aliphatic carboxylic acids is 1. The first-order valence-electron chi connectivity index (χ1n) is 6.84. The van der Waals surface area contributed by atoms with Crippen LogP contribution in [0.15, 0.2) is 30.3 Å². The van der Waals surface area contributed by atoms with Crippen molar-refractivity contribution in [2.24, 2.45) is 0 Å². The number of hydrogen-bond acceptors (Lipinski definition) is 3. The first kappa shape index (κ1) is 16.9. The van der Waals surface area contributed by atoms with Gasteiger partial charge in [-0.25, -0.2) is 4.79 Å². The van der Waals surface area contributed by atoms with Gasteiger partial charge in [-0.05, 0) is 23.7 Å². The average Bonchev–Trinajstić information content (AvgIpc) is 2.44. The Balaban J connectivity index is 2.74. The molecule has 0 bridgehead atoms. The van der Waals surface area contributed by atoms with Crippen LogP contribution < -0.4 is 0 Å². The lowest BCUT2D eigenvalue weighted by Crippen LogP contribution is -2.36. The summed E-state index contributed by atoms with van der Waals surface area (Å²) in [4.78, 5) is 25.9. The summed E-state index contributed by atoms with van der Waals surface area (Å²) in [5.74, 6) is -0.897. The van der Waals surface area contributed by atoms with Crippen molar-refractivity contribution in [3.8, 4) is 0 Å². The normalized spacial score (nSPS) is 11.0. The van der Waals surface area contributed by atoms with E-state index in [1.807, 2.05) is 36.1 Å². The molecule has 1 N–H and O–H groups in total. The molecule has 0 aliphatic heterocycles. The SMILES string of the molecule is CCN(CC(=O)N(C)C)Cc1cccc(C=CC(=O)O)c1. The van der Waals surface area contributed by atoms with Crippen molar-refractivity contribution in [1.29, 1.82) is 0 Å². The van der Waals surface area contributed by atoms with Gasteiger partial charge in [-0.2, -0.15) is 0 Å². The van der Waals surface area contributed by atoms with Gasteiger partial charge in [-0.1, -0.05) is 31.2 Å². The van der Waals surface area contributed by atoms with E-state index in [0.717, 1.165) is 23.7 Å². The maximum absolute atomic E-state index is 11.8. The lowest BCUT2D eigenvalue weighted by Gasteiger charge is -2.22. The maximum Gasteiger partial charge on any atom is 0.328 e. The Morgan fingerprint density at radius 1 is 1.29 bits per heavy atom. The van der Waals surface area contributed by atoms with E-state index in [0.29, 0.717) is 13.1 Å². The predicted molar refractivity (Wildman–Crippen MR) is 82.8 cm³/mol. The molecule has 0 aliphatic rings. The molecule has 0 heterocycles. The minimum absolute atomic E-state index is 0.0683. The van der Waals surface area contributed by atoms with Gasteiger partial charge in [0.15, 0.2) is 0 Å². The van der Waals surface area contributed by atoms with Gasteiger partial charge in [0, 0.05) is 26.7 Å². The lowest BCUT2D eigenvalue weighted by atomic mass is 10.1. The van der Waals surface area contributed by atoms with Crippen LogP contribution in [0.3, 0.4) is 0 Å². The van der Waals surface area contributed by atoms with Crippen LogP contribution in [-0.4, -0.2) is 54.0 Å². The Morgan fingerprint density at radius 3 is 2.57 bits per heavy atom. The van der Waals surface area contributed by atoms with Crippen molar-refractivity contribution < 1.29 is 14.7 Å². The Hall–Kier alpha value is -2.14. The second kappa shape index (κ2) is 8.21. The fourth-order valence-electron chi connectivity index (χ4n) is 1.83. The van der Waals surface area contributed by atoms with Crippen LogP contribution in [0, 0.1) is 0 Å². The number of nitrogens with zero attached hydrogens (tertiary/aromatic N) is 2. The van der Waals surface area contributed by atoms with Gasteiger partial charge >= 0.3 is 5.97 Å². The van der Waals surface area contributed by atoms with Crippen LogP contribution in [-0.2, 0) is 16.1 Å². The van der Waals surface area contributed by atoms with Gasteiger partial charge in [-0.15, -0.1) is 0 Å². The molecular formula is C16H22N2O3. The zero-order valence-electron chi connectivity index (χ0n) is 12.7. The standard InChI is InChI=1S/C16H22N2O3/c1-4-18(12-15(19)17(2)3)11-14-7-5-6-13(10-14)8-9-16(20)21/h5-10H,4,11-12H2,1-3H3,(H,20,21). The van der Waals surface area contributed by atoms with E-state index in [1.165, 1.54) is 0 Å². The third kappa shape index (κ3) is 6.23. The van der Waals surface area contributed by atoms with E-state index < -0.39 is 5.97 Å². The van der Waals surface area contributed by atoms with Crippen LogP contribution in [0.1, 0.15) is 18.1 Å². The van der Waals surface area contributed by atoms with Crippen molar-refractivity contribution in [3.05, 3.63) is 41.5 Å². The number of amides is 1. The minimum atomic E-state index is -0.966. The highest BCUT2D eigenvalue weighted by molar-refractivity contribution is 5.85. The number of carboxylic acids is 1. The summed E-state index contributed by atoms with van der Waals surface area (Å²) in [6.45, 7) is 3.81. The summed E-state index contributed by atoms with van der Waals surface area (Å²) in [6, 6.07) is 7.64. The fraction of sp³-hybridized carbons (Fsp3) is 0.375. The van der Waals surface area contributed by atoms with Crippen LogP contribution in [0.5, 0.6) is 0 Å². The molecule has 1 rings (SSSR count). The third-order valence-corrected chi connectivity index (χ3v) is 3.08. The zero-order valence-corrected chi connectivity index (χ0v) is 12.7. The summed E-state index contributed by atoms with van der Waals surface area (Å²) < 4.78 is 0. The summed E-state index contributed by atoms with van der Waals surface area (Å²) in [6.07, 6.45) is 2.68. The van der Waals surface area contributed by atoms with Gasteiger partial charge in [0.05, 0.1) is 6.54 Å². The van der Waals surface area contributed by atoms with Gasteiger partial charge in [0.1, 0.15) is 0 Å². The molecular weight excluding hydrogens is 268 g/mol. The third-order valence-electron chi connectivity index (χ3n) is 3.08. The van der Waals surface area contributed by atoms with Crippen molar-refractivity contribution in [2.45, 2.75) is 13.5 Å². The molecule has 0 saturated carbocycles. The Bertz CT molecular complexity index is 524. The van der Waals surface area contributed by atoms with E-state index in [2.05, 4.69) is 0 Å². The van der Waals surface area contributed by atoms with Crippen LogP contribution in [0.4, 0.5) is 0 Å². The first-order valence-corrected chi connectivity index (χ1v) is 6.84. The highest BCUT2D eigenvalue weighted by Gasteiger charge is 2.11. The Labute approximate surface area is 125 Å². The quantitative estimate of drug-likeness (QED) is 0.776. The minimum Gasteiger partial charge on any atom is -0.478 e. The molecule has 0 saturated heterocycles. The molecule has 0 aliphatic carbocycles. The summed E-state index contributed by atoms with van der Waals surface area (Å²) in [5.41, 5.74) is 1.89. The maximum atomic E-state index is 11.8. The van der Waals surface area contributed by atoms with Gasteiger partial charge in [0.2, 0.25) is 5.91 Å². The van der Waals surface area contributed by atoms with Crippen molar-refractivity contribution in [2.75, 3.05) is 27.2 Å². The zero-order chi connectivity index (χ0) is 15.8. The largest absolute Gasteiger partial charge is 0.478 e. The molecule has 0 spiro atoms. The number of likely N-dealkylation sites (N-methyl/N-ethyl adjacent to an activating group) is 2. The molecule has 114 valence electrons. The molecule has 0 atom stereocenters. The van der Waals surface area contributed by atoms with E-state index in [9.17, 15) is 9.59 Å². The average molecular weight is 290 g/mol. The van der Waals surface area contributed by atoms with Crippen molar-refractivity contribution in [1.82, 2.24) is 9.80 Å². The Morgan fingerprint density at radius 2 is 2.00 bits per heavy atom. The lowest BCUT2D eigenvalue weighted by molar-refractivity contribution is -0.131. The highest BCUT2D eigenvalue weighted by Crippen LogP contribution is 2.10. The molecule has 21 heavy (non-hydrogen) atoms. The smallest absolute Gasteiger partial charge is 0.328 e. The van der Waals surface area contributed by atoms with Gasteiger partial charge < -0.3 is 10.0 Å². The molecule has 1 amide bonds. The van der Waals surface area contributed by atoms with E-state index in [-0.39, 0.29) is 5.91 Å². The Kier molecular flexibility index (Phi) is 6.62. The summed E-state index contributed by atoms with van der Waals surface area (Å²) in [7, 11) is 3.49. The van der Waals surface area contributed by atoms with Gasteiger partial charge in [-0.3, -0.25) is 9.69 Å². The molecule has 0 fully saturated rings. The van der Waals surface area contributed by atoms with Crippen LogP contribution in [0.2, 0.25) is 0 Å². The summed E-state index contributed by atoms with van der Waals surface area (Å²) in [5, 5.41) is 8.64. The summed E-state index contributed by atoms with van der Waals surface area (Å²) >= 11 is 0. The number of hydrogen-bond donors (Lipinski definition) is 1. The second-order valence-corrected chi connectivity index (χ2v) is 5.01. The molecule has 0 aromatic heterocycles.